The first-order valence-corrected chi connectivity index (χ1v) is 11.7. The average Bonchev–Trinajstić information content (AvgIpc) is 2.78. The topological polar surface area (TPSA) is 64.1 Å². The van der Waals surface area contributed by atoms with Crippen LogP contribution in [0.5, 0.6) is 0 Å². The lowest BCUT2D eigenvalue weighted by atomic mass is 10.0. The largest absolute Gasteiger partial charge is 0.289 e. The molecule has 0 saturated heterocycles. The molecule has 0 fully saturated rings. The number of hydrogen-bond donors (Lipinski definition) is 0. The first-order valence-electron chi connectivity index (χ1n) is 9.85. The van der Waals surface area contributed by atoms with E-state index >= 15 is 0 Å². The Hall–Kier alpha value is -3.02. The number of nitrogens with zero attached hydrogens (tertiary/aromatic N) is 1. The maximum absolute atomic E-state index is 13.7. The lowest BCUT2D eigenvalue weighted by Crippen LogP contribution is -2.13. The number of fused-ring (bicyclic) bond motifs is 1. The van der Waals surface area contributed by atoms with Gasteiger partial charge in [-0.05, 0) is 55.3 Å². The van der Waals surface area contributed by atoms with Gasteiger partial charge in [0, 0.05) is 22.2 Å². The van der Waals surface area contributed by atoms with Crippen LogP contribution in [0.15, 0.2) is 82.7 Å². The molecule has 0 aliphatic carbocycles. The minimum absolute atomic E-state index is 0.0342. The Balaban J connectivity index is 2.00. The summed E-state index contributed by atoms with van der Waals surface area (Å²) in [7, 11) is -4.02. The Bertz CT molecular complexity index is 1390. The summed E-state index contributed by atoms with van der Waals surface area (Å²) in [5.74, 6) is -0.383. The molecule has 4 rings (SSSR count). The second kappa shape index (κ2) is 8.25. The molecule has 31 heavy (non-hydrogen) atoms. The summed E-state index contributed by atoms with van der Waals surface area (Å²) < 4.78 is 27.4. The zero-order valence-electron chi connectivity index (χ0n) is 17.1. The number of carbonyl (C=O) groups is 1. The Morgan fingerprint density at radius 2 is 1.65 bits per heavy atom. The molecule has 6 heteroatoms. The average molecular weight is 450 g/mol. The molecule has 1 aromatic heterocycles. The van der Waals surface area contributed by atoms with Crippen molar-refractivity contribution < 1.29 is 13.2 Å². The van der Waals surface area contributed by atoms with Gasteiger partial charge in [0.15, 0.2) is 5.78 Å². The number of benzene rings is 3. The smallest absolute Gasteiger partial charge is 0.208 e. The zero-order chi connectivity index (χ0) is 22.2. The van der Waals surface area contributed by atoms with Crippen molar-refractivity contribution in [3.63, 3.8) is 0 Å². The van der Waals surface area contributed by atoms with Crippen molar-refractivity contribution in [2.75, 3.05) is 0 Å². The van der Waals surface area contributed by atoms with E-state index in [2.05, 4.69) is 4.98 Å². The second-order valence-corrected chi connectivity index (χ2v) is 9.68. The van der Waals surface area contributed by atoms with Gasteiger partial charge in [-0.25, -0.2) is 8.42 Å². The molecule has 0 spiro atoms. The highest BCUT2D eigenvalue weighted by Gasteiger charge is 2.28. The maximum Gasteiger partial charge on any atom is 0.208 e. The van der Waals surface area contributed by atoms with E-state index in [-0.39, 0.29) is 21.1 Å². The summed E-state index contributed by atoms with van der Waals surface area (Å²) in [5.41, 5.74) is 2.95. The van der Waals surface area contributed by atoms with Crippen LogP contribution in [0.25, 0.3) is 10.9 Å². The molecule has 156 valence electrons. The lowest BCUT2D eigenvalue weighted by molar-refractivity contribution is 0.103. The first-order chi connectivity index (χ1) is 14.8. The van der Waals surface area contributed by atoms with E-state index in [0.29, 0.717) is 21.5 Å². The predicted octanol–water partition coefficient (Wildman–Crippen LogP) is 5.82. The molecule has 4 aromatic rings. The van der Waals surface area contributed by atoms with E-state index in [1.807, 2.05) is 32.0 Å². The summed E-state index contributed by atoms with van der Waals surface area (Å²) in [5, 5.41) is 0.854. The monoisotopic (exact) mass is 449 g/mol. The van der Waals surface area contributed by atoms with E-state index in [4.69, 9.17) is 11.6 Å². The molecule has 1 heterocycles. The van der Waals surface area contributed by atoms with Crippen LogP contribution in [-0.4, -0.2) is 19.2 Å². The minimum atomic E-state index is -4.02. The van der Waals surface area contributed by atoms with Crippen LogP contribution in [0.3, 0.4) is 0 Å². The zero-order valence-corrected chi connectivity index (χ0v) is 18.7. The van der Waals surface area contributed by atoms with Crippen molar-refractivity contribution in [2.45, 2.75) is 30.1 Å². The third-order valence-corrected chi connectivity index (χ3v) is 7.36. The van der Waals surface area contributed by atoms with E-state index in [1.165, 1.54) is 30.5 Å². The molecular formula is C25H20ClNO3S. The van der Waals surface area contributed by atoms with E-state index in [1.54, 1.807) is 24.3 Å². The number of rotatable bonds is 5. The van der Waals surface area contributed by atoms with Crippen LogP contribution in [-0.2, 0) is 16.3 Å². The van der Waals surface area contributed by atoms with Crippen molar-refractivity contribution in [2.24, 2.45) is 0 Å². The number of aromatic nitrogens is 1. The normalized spacial score (nSPS) is 11.6. The van der Waals surface area contributed by atoms with Gasteiger partial charge in [-0.3, -0.25) is 9.78 Å². The third-order valence-electron chi connectivity index (χ3n) is 5.24. The number of sulfone groups is 1. The highest BCUT2D eigenvalue weighted by atomic mass is 35.5. The van der Waals surface area contributed by atoms with Crippen molar-refractivity contribution in [3.8, 4) is 0 Å². The van der Waals surface area contributed by atoms with E-state index in [9.17, 15) is 13.2 Å². The minimum Gasteiger partial charge on any atom is -0.289 e. The van der Waals surface area contributed by atoms with Crippen molar-refractivity contribution in [1.82, 2.24) is 4.98 Å². The van der Waals surface area contributed by atoms with Crippen molar-refractivity contribution in [1.29, 1.82) is 0 Å². The van der Waals surface area contributed by atoms with Crippen LogP contribution in [0.4, 0.5) is 0 Å². The highest BCUT2D eigenvalue weighted by Crippen LogP contribution is 2.33. The van der Waals surface area contributed by atoms with Crippen LogP contribution >= 0.6 is 11.6 Å². The molecule has 0 unspecified atom stereocenters. The molecule has 0 saturated carbocycles. The van der Waals surface area contributed by atoms with Gasteiger partial charge in [-0.15, -0.1) is 0 Å². The Morgan fingerprint density at radius 3 is 2.29 bits per heavy atom. The fraction of sp³-hybridized carbons (Fsp3) is 0.120. The van der Waals surface area contributed by atoms with E-state index < -0.39 is 9.84 Å². The summed E-state index contributed by atoms with van der Waals surface area (Å²) in [6, 6.07) is 18.5. The second-order valence-electron chi connectivity index (χ2n) is 7.36. The Kier molecular flexibility index (Phi) is 5.65. The van der Waals surface area contributed by atoms with Gasteiger partial charge in [-0.1, -0.05) is 54.4 Å². The van der Waals surface area contributed by atoms with Gasteiger partial charge < -0.3 is 0 Å². The van der Waals surface area contributed by atoms with Crippen molar-refractivity contribution >= 4 is 38.1 Å². The Labute approximate surface area is 186 Å². The molecule has 0 aliphatic rings. The molecule has 4 nitrogen and oxygen atoms in total. The number of halogens is 1. The fourth-order valence-electron chi connectivity index (χ4n) is 3.51. The number of hydrogen-bond acceptors (Lipinski definition) is 4. The molecule has 0 aliphatic heterocycles. The van der Waals surface area contributed by atoms with Crippen molar-refractivity contribution in [3.05, 3.63) is 100 Å². The van der Waals surface area contributed by atoms with Gasteiger partial charge in [0.05, 0.1) is 20.9 Å². The van der Waals surface area contributed by atoms with Gasteiger partial charge >= 0.3 is 0 Å². The van der Waals surface area contributed by atoms with Gasteiger partial charge in [0.2, 0.25) is 9.84 Å². The van der Waals surface area contributed by atoms with Crippen LogP contribution in [0, 0.1) is 6.92 Å². The van der Waals surface area contributed by atoms with Crippen LogP contribution in [0.1, 0.15) is 34.0 Å². The van der Waals surface area contributed by atoms with E-state index in [0.717, 1.165) is 17.5 Å². The molecule has 0 bridgehead atoms. The predicted molar refractivity (Wildman–Crippen MR) is 123 cm³/mol. The molecule has 0 N–H and O–H groups in total. The highest BCUT2D eigenvalue weighted by molar-refractivity contribution is 7.91. The van der Waals surface area contributed by atoms with Crippen LogP contribution in [0.2, 0.25) is 5.02 Å². The maximum atomic E-state index is 13.7. The third kappa shape index (κ3) is 3.99. The number of aryl methyl sites for hydroxylation is 2. The summed E-state index contributed by atoms with van der Waals surface area (Å²) in [6.45, 7) is 3.90. The molecule has 0 amide bonds. The summed E-state index contributed by atoms with van der Waals surface area (Å²) >= 11 is 5.95. The van der Waals surface area contributed by atoms with Gasteiger partial charge in [0.25, 0.3) is 0 Å². The van der Waals surface area contributed by atoms with Gasteiger partial charge in [0.1, 0.15) is 0 Å². The standard InChI is InChI=1S/C25H20ClNO3S/c1-3-17-5-7-18(8-6-17)24(28)22-15-27-23-13-4-16(2)14-21(23)25(22)31(29,30)20-11-9-19(26)10-12-20/h4-15H,3H2,1-2H3. The molecule has 3 aromatic carbocycles. The van der Waals surface area contributed by atoms with Crippen LogP contribution < -0.4 is 0 Å². The lowest BCUT2D eigenvalue weighted by Gasteiger charge is -2.14. The number of pyridine rings is 1. The molecule has 0 radical (unpaired) electrons. The SMILES string of the molecule is CCc1ccc(C(=O)c2cnc3ccc(C)cc3c2S(=O)(=O)c2ccc(Cl)cc2)cc1. The molecular weight excluding hydrogens is 430 g/mol. The summed E-state index contributed by atoms with van der Waals surface area (Å²) in [6.07, 6.45) is 2.21. The number of ketones is 1. The first kappa shape index (κ1) is 21.2. The Morgan fingerprint density at radius 1 is 0.968 bits per heavy atom. The van der Waals surface area contributed by atoms with Gasteiger partial charge in [-0.2, -0.15) is 0 Å². The quantitative estimate of drug-likeness (QED) is 0.360. The fourth-order valence-corrected chi connectivity index (χ4v) is 5.26. The summed E-state index contributed by atoms with van der Waals surface area (Å²) in [4.78, 5) is 17.8. The number of carbonyl (C=O) groups excluding carboxylic acids is 1. The molecule has 0 atom stereocenters.